The summed E-state index contributed by atoms with van der Waals surface area (Å²) in [6.45, 7) is 1.82. The quantitative estimate of drug-likeness (QED) is 0.707. The molecule has 112 valence electrons. The molecule has 0 amide bonds. The lowest BCUT2D eigenvalue weighted by Crippen LogP contribution is -2.14. The predicted molar refractivity (Wildman–Crippen MR) is 85.5 cm³/mol. The van der Waals surface area contributed by atoms with Crippen molar-refractivity contribution in [3.63, 3.8) is 0 Å². The highest BCUT2D eigenvalue weighted by atomic mass is 79.9. The molecule has 2 aromatic rings. The van der Waals surface area contributed by atoms with Crippen LogP contribution in [0, 0.1) is 12.7 Å². The normalized spacial score (nSPS) is 11.4. The third-order valence-corrected chi connectivity index (χ3v) is 5.89. The second-order valence-electron chi connectivity index (χ2n) is 4.30. The SMILES string of the molecule is Cc1cc(Br)c(S(=O)(=O)Nc2ccc(F)cc2O)cc1Br. The van der Waals surface area contributed by atoms with Gasteiger partial charge < -0.3 is 5.11 Å². The van der Waals surface area contributed by atoms with Gasteiger partial charge in [0.05, 0.1) is 5.69 Å². The lowest BCUT2D eigenvalue weighted by molar-refractivity contribution is 0.471. The van der Waals surface area contributed by atoms with Gasteiger partial charge in [-0.25, -0.2) is 12.8 Å². The molecule has 0 aliphatic rings. The molecule has 0 aromatic heterocycles. The summed E-state index contributed by atoms with van der Waals surface area (Å²) in [4.78, 5) is 0.00343. The third kappa shape index (κ3) is 3.56. The van der Waals surface area contributed by atoms with Gasteiger partial charge in [0.1, 0.15) is 16.5 Å². The Kier molecular flexibility index (Phi) is 4.60. The van der Waals surface area contributed by atoms with Crippen molar-refractivity contribution in [3.8, 4) is 5.75 Å². The average molecular weight is 439 g/mol. The van der Waals surface area contributed by atoms with Crippen molar-refractivity contribution >= 4 is 47.6 Å². The molecule has 0 aliphatic carbocycles. The zero-order valence-corrected chi connectivity index (χ0v) is 14.7. The number of rotatable bonds is 3. The van der Waals surface area contributed by atoms with Gasteiger partial charge in [0.25, 0.3) is 10.0 Å². The van der Waals surface area contributed by atoms with Crippen LogP contribution in [0.25, 0.3) is 0 Å². The average Bonchev–Trinajstić information content (AvgIpc) is 2.37. The van der Waals surface area contributed by atoms with Crippen molar-refractivity contribution in [2.45, 2.75) is 11.8 Å². The Labute approximate surface area is 138 Å². The van der Waals surface area contributed by atoms with Crippen molar-refractivity contribution in [1.29, 1.82) is 0 Å². The third-order valence-electron chi connectivity index (χ3n) is 2.71. The van der Waals surface area contributed by atoms with Crippen molar-refractivity contribution in [2.24, 2.45) is 0 Å². The number of aryl methyl sites for hydroxylation is 1. The number of hydrogen-bond donors (Lipinski definition) is 2. The lowest BCUT2D eigenvalue weighted by atomic mass is 10.2. The van der Waals surface area contributed by atoms with E-state index in [9.17, 15) is 17.9 Å². The van der Waals surface area contributed by atoms with Crippen molar-refractivity contribution in [1.82, 2.24) is 0 Å². The van der Waals surface area contributed by atoms with E-state index in [1.165, 1.54) is 6.07 Å². The maximum atomic E-state index is 12.9. The number of phenols is 1. The van der Waals surface area contributed by atoms with Gasteiger partial charge >= 0.3 is 0 Å². The first-order chi connectivity index (χ1) is 9.70. The fourth-order valence-corrected chi connectivity index (χ4v) is 4.38. The molecule has 2 N–H and O–H groups in total. The van der Waals surface area contributed by atoms with Crippen LogP contribution >= 0.6 is 31.9 Å². The molecule has 2 aromatic carbocycles. The van der Waals surface area contributed by atoms with Crippen molar-refractivity contribution in [3.05, 3.63) is 50.7 Å². The van der Waals surface area contributed by atoms with Gasteiger partial charge in [0, 0.05) is 15.0 Å². The minimum absolute atomic E-state index is 0.00343. The second kappa shape index (κ2) is 5.94. The minimum atomic E-state index is -3.93. The molecule has 0 saturated heterocycles. The molecule has 0 atom stereocenters. The number of halogens is 3. The molecule has 0 unspecified atom stereocenters. The van der Waals surface area contributed by atoms with Crippen LogP contribution in [0.1, 0.15) is 5.56 Å². The van der Waals surface area contributed by atoms with Gasteiger partial charge in [0.2, 0.25) is 0 Å². The zero-order chi connectivity index (χ0) is 15.8. The Bertz CT molecular complexity index is 809. The van der Waals surface area contributed by atoms with Crippen LogP contribution < -0.4 is 4.72 Å². The Balaban J connectivity index is 2.46. The summed E-state index contributed by atoms with van der Waals surface area (Å²) in [6, 6.07) is 6.14. The maximum absolute atomic E-state index is 12.9. The zero-order valence-electron chi connectivity index (χ0n) is 10.7. The highest BCUT2D eigenvalue weighted by Gasteiger charge is 2.20. The summed E-state index contributed by atoms with van der Waals surface area (Å²) in [7, 11) is -3.93. The first-order valence-electron chi connectivity index (χ1n) is 5.67. The summed E-state index contributed by atoms with van der Waals surface area (Å²) in [5.74, 6) is -1.14. The van der Waals surface area contributed by atoms with Gasteiger partial charge in [-0.15, -0.1) is 0 Å². The van der Waals surface area contributed by atoms with Crippen LogP contribution in [0.15, 0.2) is 44.2 Å². The van der Waals surface area contributed by atoms with Gasteiger partial charge in [-0.05, 0) is 52.7 Å². The largest absolute Gasteiger partial charge is 0.506 e. The number of hydrogen-bond acceptors (Lipinski definition) is 3. The van der Waals surface area contributed by atoms with Gasteiger partial charge in [-0.1, -0.05) is 15.9 Å². The number of phenolic OH excluding ortho intramolecular Hbond substituents is 1. The molecule has 0 aliphatic heterocycles. The van der Waals surface area contributed by atoms with Crippen LogP contribution in [0.5, 0.6) is 5.75 Å². The van der Waals surface area contributed by atoms with E-state index in [0.717, 1.165) is 23.8 Å². The number of nitrogens with one attached hydrogen (secondary N) is 1. The Hall–Kier alpha value is -1.12. The molecule has 8 heteroatoms. The number of anilines is 1. The number of aromatic hydroxyl groups is 1. The van der Waals surface area contributed by atoms with Crippen LogP contribution in [0.4, 0.5) is 10.1 Å². The monoisotopic (exact) mass is 437 g/mol. The summed E-state index contributed by atoms with van der Waals surface area (Å²) in [5.41, 5.74) is 0.769. The summed E-state index contributed by atoms with van der Waals surface area (Å²) < 4.78 is 40.9. The molecule has 0 fully saturated rings. The van der Waals surface area contributed by atoms with Gasteiger partial charge in [-0.3, -0.25) is 4.72 Å². The van der Waals surface area contributed by atoms with Gasteiger partial charge in [0.15, 0.2) is 0 Å². The maximum Gasteiger partial charge on any atom is 0.263 e. The minimum Gasteiger partial charge on any atom is -0.506 e. The Morgan fingerprint density at radius 1 is 1.14 bits per heavy atom. The van der Waals surface area contributed by atoms with E-state index in [4.69, 9.17) is 0 Å². The summed E-state index contributed by atoms with van der Waals surface area (Å²) in [5, 5.41) is 9.58. The fourth-order valence-electron chi connectivity index (χ4n) is 1.62. The Morgan fingerprint density at radius 2 is 1.81 bits per heavy atom. The van der Waals surface area contributed by atoms with Crippen LogP contribution in [-0.2, 0) is 10.0 Å². The van der Waals surface area contributed by atoms with E-state index < -0.39 is 21.6 Å². The van der Waals surface area contributed by atoms with E-state index in [1.807, 2.05) is 6.92 Å². The van der Waals surface area contributed by atoms with E-state index in [2.05, 4.69) is 36.6 Å². The topological polar surface area (TPSA) is 66.4 Å². The Morgan fingerprint density at radius 3 is 2.43 bits per heavy atom. The molecule has 2 rings (SSSR count). The molecular formula is C13H10Br2FNO3S. The van der Waals surface area contributed by atoms with Crippen LogP contribution in [0.3, 0.4) is 0 Å². The predicted octanol–water partition coefficient (Wildman–Crippen LogP) is 4.17. The summed E-state index contributed by atoms with van der Waals surface area (Å²) in [6.07, 6.45) is 0. The smallest absolute Gasteiger partial charge is 0.263 e. The molecule has 0 spiro atoms. The molecule has 0 radical (unpaired) electrons. The highest BCUT2D eigenvalue weighted by Crippen LogP contribution is 2.32. The fraction of sp³-hybridized carbons (Fsp3) is 0.0769. The summed E-state index contributed by atoms with van der Waals surface area (Å²) >= 11 is 6.47. The van der Waals surface area contributed by atoms with Gasteiger partial charge in [-0.2, -0.15) is 0 Å². The molecule has 0 heterocycles. The van der Waals surface area contributed by atoms with Crippen molar-refractivity contribution < 1.29 is 17.9 Å². The second-order valence-corrected chi connectivity index (χ2v) is 7.66. The van der Waals surface area contributed by atoms with Crippen molar-refractivity contribution in [2.75, 3.05) is 4.72 Å². The first kappa shape index (κ1) is 16.3. The number of sulfonamides is 1. The van der Waals surface area contributed by atoms with E-state index >= 15 is 0 Å². The van der Waals surface area contributed by atoms with E-state index in [0.29, 0.717) is 8.95 Å². The molecule has 4 nitrogen and oxygen atoms in total. The standard InChI is InChI=1S/C13H10Br2FNO3S/c1-7-4-10(15)13(6-9(7)14)21(19,20)17-11-3-2-8(16)5-12(11)18/h2-6,17-18H,1H3. The first-order valence-corrected chi connectivity index (χ1v) is 8.74. The molecule has 0 saturated carbocycles. The van der Waals surface area contributed by atoms with E-state index in [1.54, 1.807) is 6.07 Å². The molecule has 0 bridgehead atoms. The number of benzene rings is 2. The highest BCUT2D eigenvalue weighted by molar-refractivity contribution is 9.11. The van der Waals surface area contributed by atoms with Crippen LogP contribution in [-0.4, -0.2) is 13.5 Å². The van der Waals surface area contributed by atoms with Crippen LogP contribution in [0.2, 0.25) is 0 Å². The lowest BCUT2D eigenvalue weighted by Gasteiger charge is -2.12. The van der Waals surface area contributed by atoms with E-state index in [-0.39, 0.29) is 10.6 Å². The molecular weight excluding hydrogens is 429 g/mol. The molecule has 21 heavy (non-hydrogen) atoms.